The van der Waals surface area contributed by atoms with Gasteiger partial charge in [-0.1, -0.05) is 0 Å². The van der Waals surface area contributed by atoms with E-state index in [4.69, 9.17) is 35.2 Å². The maximum absolute atomic E-state index is 12.6. The van der Waals surface area contributed by atoms with Crippen molar-refractivity contribution in [1.82, 2.24) is 5.32 Å². The maximum Gasteiger partial charge on any atom is 0.377 e. The SMILES string of the molecule is COc1cc(O[C@]2(C(=O)O)C[C@H](OC)[C@@H](NC(C)=O)C([C@@H](OC)[C@@H](O)CN=C(N)N)O2)ccc1C=O. The average molecular weight is 513 g/mol. The zero-order chi connectivity index (χ0) is 27.0. The van der Waals surface area contributed by atoms with Gasteiger partial charge in [0.1, 0.15) is 29.8 Å². The third-order valence-electron chi connectivity index (χ3n) is 5.60. The first-order chi connectivity index (χ1) is 17.0. The molecule has 2 rings (SSSR count). The molecule has 0 aromatic heterocycles. The zero-order valence-electron chi connectivity index (χ0n) is 20.4. The summed E-state index contributed by atoms with van der Waals surface area (Å²) in [6.45, 7) is 0.967. The molecule has 14 nitrogen and oxygen atoms in total. The van der Waals surface area contributed by atoms with Gasteiger partial charge in [-0.2, -0.15) is 0 Å². The molecule has 36 heavy (non-hydrogen) atoms. The smallest absolute Gasteiger partial charge is 0.377 e. The molecule has 1 amide bonds. The zero-order valence-corrected chi connectivity index (χ0v) is 20.4. The highest BCUT2D eigenvalue weighted by Crippen LogP contribution is 2.37. The Morgan fingerprint density at radius 1 is 1.33 bits per heavy atom. The Kier molecular flexibility index (Phi) is 9.98. The summed E-state index contributed by atoms with van der Waals surface area (Å²) in [5.74, 6) is -4.43. The molecule has 0 saturated carbocycles. The second-order valence-corrected chi connectivity index (χ2v) is 8.00. The number of carboxylic acid groups (broad SMARTS) is 1. The van der Waals surface area contributed by atoms with E-state index in [1.54, 1.807) is 0 Å². The fourth-order valence-electron chi connectivity index (χ4n) is 3.96. The summed E-state index contributed by atoms with van der Waals surface area (Å²) in [5, 5.41) is 23.6. The number of rotatable bonds is 12. The summed E-state index contributed by atoms with van der Waals surface area (Å²) >= 11 is 0. The molecule has 1 aromatic rings. The van der Waals surface area contributed by atoms with Crippen molar-refractivity contribution in [2.24, 2.45) is 16.5 Å². The van der Waals surface area contributed by atoms with Crippen LogP contribution in [-0.4, -0.2) is 98.5 Å². The van der Waals surface area contributed by atoms with Crippen LogP contribution in [0.15, 0.2) is 23.2 Å². The van der Waals surface area contributed by atoms with Crippen LogP contribution >= 0.6 is 0 Å². The number of aliphatic hydroxyl groups is 1. The molecule has 1 aliphatic rings. The van der Waals surface area contributed by atoms with Crippen LogP contribution < -0.4 is 26.3 Å². The fraction of sp³-hybridized carbons (Fsp3) is 0.545. The van der Waals surface area contributed by atoms with Gasteiger partial charge in [-0.05, 0) is 12.1 Å². The van der Waals surface area contributed by atoms with Crippen LogP contribution in [0.5, 0.6) is 11.5 Å². The molecular formula is C22H32N4O10. The van der Waals surface area contributed by atoms with Crippen LogP contribution in [0.2, 0.25) is 0 Å². The van der Waals surface area contributed by atoms with E-state index in [0.717, 1.165) is 0 Å². The Bertz CT molecular complexity index is 970. The number of ether oxygens (including phenoxy) is 5. The van der Waals surface area contributed by atoms with Crippen molar-refractivity contribution in [3.63, 3.8) is 0 Å². The molecule has 0 spiro atoms. The van der Waals surface area contributed by atoms with Gasteiger partial charge in [0.2, 0.25) is 5.91 Å². The van der Waals surface area contributed by atoms with Gasteiger partial charge in [0, 0.05) is 27.2 Å². The summed E-state index contributed by atoms with van der Waals surface area (Å²) < 4.78 is 27.9. The molecule has 0 aliphatic carbocycles. The molecule has 1 heterocycles. The summed E-state index contributed by atoms with van der Waals surface area (Å²) in [6, 6.07) is 3.14. The number of carbonyl (C=O) groups excluding carboxylic acids is 2. The van der Waals surface area contributed by atoms with E-state index >= 15 is 0 Å². The van der Waals surface area contributed by atoms with E-state index < -0.39 is 48.1 Å². The summed E-state index contributed by atoms with van der Waals surface area (Å²) in [4.78, 5) is 39.5. The normalized spacial score (nSPS) is 25.2. The lowest BCUT2D eigenvalue weighted by molar-refractivity contribution is -0.287. The number of aliphatic carboxylic acids is 1. The van der Waals surface area contributed by atoms with Crippen molar-refractivity contribution in [3.05, 3.63) is 23.8 Å². The molecule has 0 bridgehead atoms. The summed E-state index contributed by atoms with van der Waals surface area (Å²) in [7, 11) is 3.93. The van der Waals surface area contributed by atoms with Crippen LogP contribution in [0.25, 0.3) is 0 Å². The lowest BCUT2D eigenvalue weighted by Gasteiger charge is -2.48. The molecule has 200 valence electrons. The van der Waals surface area contributed by atoms with E-state index in [1.807, 2.05) is 0 Å². The first kappa shape index (κ1) is 28.8. The minimum Gasteiger partial charge on any atom is -0.496 e. The third-order valence-corrected chi connectivity index (χ3v) is 5.60. The van der Waals surface area contributed by atoms with E-state index in [2.05, 4.69) is 10.3 Å². The monoisotopic (exact) mass is 512 g/mol. The molecule has 1 fully saturated rings. The second-order valence-electron chi connectivity index (χ2n) is 8.00. The number of hydrogen-bond donors (Lipinski definition) is 5. The molecule has 1 saturated heterocycles. The van der Waals surface area contributed by atoms with Gasteiger partial charge in [0.25, 0.3) is 0 Å². The number of nitrogens with two attached hydrogens (primary N) is 2. The van der Waals surface area contributed by atoms with Gasteiger partial charge in [0.15, 0.2) is 12.2 Å². The molecule has 7 N–H and O–H groups in total. The number of nitrogens with zero attached hydrogens (tertiary/aromatic N) is 1. The molecule has 6 atom stereocenters. The standard InChI is InChI=1S/C22H32N4O10/c1-11(28)26-17-16(33-3)8-22(20(30)31,35-13-6-5-12(10-27)15(7-13)32-2)36-19(17)18(34-4)14(29)9-25-21(23)24/h5-7,10,14,16-19,29H,8-9H2,1-4H3,(H,26,28)(H,30,31)(H4,23,24,25)/t14-,16-,17+,18-,19?,22+/m0/s1. The predicted octanol–water partition coefficient (Wildman–Crippen LogP) is -1.37. The van der Waals surface area contributed by atoms with Gasteiger partial charge < -0.3 is 50.7 Å². The first-order valence-corrected chi connectivity index (χ1v) is 10.8. The van der Waals surface area contributed by atoms with Gasteiger partial charge in [-0.3, -0.25) is 14.6 Å². The minimum absolute atomic E-state index is 0.0152. The highest BCUT2D eigenvalue weighted by molar-refractivity contribution is 5.80. The van der Waals surface area contributed by atoms with Crippen molar-refractivity contribution in [2.45, 2.75) is 49.6 Å². The number of carboxylic acids is 1. The topological polar surface area (TPSA) is 214 Å². The van der Waals surface area contributed by atoms with Crippen molar-refractivity contribution in [2.75, 3.05) is 27.9 Å². The first-order valence-electron chi connectivity index (χ1n) is 10.8. The lowest BCUT2D eigenvalue weighted by Crippen LogP contribution is -2.69. The summed E-state index contributed by atoms with van der Waals surface area (Å²) in [5.41, 5.74) is 10.9. The average Bonchev–Trinajstić information content (AvgIpc) is 2.83. The number of guanidine groups is 1. The van der Waals surface area contributed by atoms with Gasteiger partial charge in [-0.15, -0.1) is 0 Å². The second kappa shape index (κ2) is 12.5. The van der Waals surface area contributed by atoms with E-state index in [0.29, 0.717) is 6.29 Å². The number of aldehydes is 1. The lowest BCUT2D eigenvalue weighted by atomic mass is 9.88. The van der Waals surface area contributed by atoms with Gasteiger partial charge in [-0.25, -0.2) is 4.79 Å². The fourth-order valence-corrected chi connectivity index (χ4v) is 3.96. The van der Waals surface area contributed by atoms with Crippen molar-refractivity contribution in [1.29, 1.82) is 0 Å². The highest BCUT2D eigenvalue weighted by Gasteiger charge is 2.57. The number of carbonyl (C=O) groups is 3. The molecule has 1 unspecified atom stereocenters. The Labute approximate surface area is 207 Å². The van der Waals surface area contributed by atoms with Gasteiger partial charge >= 0.3 is 11.8 Å². The van der Waals surface area contributed by atoms with E-state index in [9.17, 15) is 24.6 Å². The van der Waals surface area contributed by atoms with Crippen LogP contribution in [-0.2, 0) is 23.8 Å². The number of amides is 1. The third kappa shape index (κ3) is 6.60. The number of hydrogen-bond acceptors (Lipinski definition) is 10. The number of aliphatic imine (C=N–C) groups is 1. The Balaban J connectivity index is 2.55. The molecule has 1 aliphatic heterocycles. The Morgan fingerprint density at radius 2 is 2.03 bits per heavy atom. The molecule has 1 aromatic carbocycles. The number of benzene rings is 1. The quantitative estimate of drug-likeness (QED) is 0.125. The van der Waals surface area contributed by atoms with Gasteiger partial charge in [0.05, 0.1) is 37.8 Å². The van der Waals surface area contributed by atoms with Crippen LogP contribution in [0, 0.1) is 0 Å². The largest absolute Gasteiger partial charge is 0.496 e. The van der Waals surface area contributed by atoms with Crippen molar-refractivity contribution in [3.8, 4) is 11.5 Å². The van der Waals surface area contributed by atoms with Crippen molar-refractivity contribution < 1.29 is 48.3 Å². The molecule has 14 heteroatoms. The maximum atomic E-state index is 12.6. The van der Waals surface area contributed by atoms with Crippen LogP contribution in [0.1, 0.15) is 23.7 Å². The van der Waals surface area contributed by atoms with Crippen LogP contribution in [0.3, 0.4) is 0 Å². The number of methoxy groups -OCH3 is 3. The molecule has 0 radical (unpaired) electrons. The summed E-state index contributed by atoms with van der Waals surface area (Å²) in [6.07, 6.45) is -4.63. The molecular weight excluding hydrogens is 480 g/mol. The highest BCUT2D eigenvalue weighted by atomic mass is 16.7. The predicted molar refractivity (Wildman–Crippen MR) is 125 cm³/mol. The van der Waals surface area contributed by atoms with Crippen LogP contribution in [0.4, 0.5) is 0 Å². The Morgan fingerprint density at radius 3 is 2.53 bits per heavy atom. The number of aliphatic hydroxyl groups excluding tert-OH is 1. The number of nitrogens with one attached hydrogen (secondary N) is 1. The minimum atomic E-state index is -2.35. The van der Waals surface area contributed by atoms with E-state index in [1.165, 1.54) is 46.5 Å². The Hall–Kier alpha value is -3.46. The van der Waals surface area contributed by atoms with Crippen molar-refractivity contribution >= 4 is 24.1 Å². The van der Waals surface area contributed by atoms with E-state index in [-0.39, 0.29) is 36.0 Å².